The zero-order chi connectivity index (χ0) is 14.4. The van der Waals surface area contributed by atoms with Crippen molar-refractivity contribution in [3.05, 3.63) is 66.0 Å². The van der Waals surface area contributed by atoms with Crippen molar-refractivity contribution in [1.82, 2.24) is 0 Å². The minimum Gasteiger partial charge on any atom is -0.298 e. The fraction of sp³-hybridized carbons (Fsp3) is 0.125. The highest BCUT2D eigenvalue weighted by Gasteiger charge is 2.15. The summed E-state index contributed by atoms with van der Waals surface area (Å²) in [6, 6.07) is 16.8. The van der Waals surface area contributed by atoms with E-state index in [0.717, 1.165) is 5.56 Å². The van der Waals surface area contributed by atoms with E-state index in [1.807, 2.05) is 24.3 Å². The molecule has 4 heteroatoms. The first-order valence-corrected chi connectivity index (χ1v) is 6.17. The first-order chi connectivity index (χ1) is 9.70. The lowest BCUT2D eigenvalue weighted by Crippen LogP contribution is -2.32. The van der Waals surface area contributed by atoms with Crippen LogP contribution < -0.4 is 4.90 Å². The van der Waals surface area contributed by atoms with Crippen LogP contribution in [0, 0.1) is 17.1 Å². The molecule has 1 amide bonds. The number of para-hydroxylation sites is 1. The van der Waals surface area contributed by atoms with Crippen LogP contribution in [-0.2, 0) is 11.2 Å². The largest absolute Gasteiger partial charge is 0.298 e. The van der Waals surface area contributed by atoms with Crippen molar-refractivity contribution < 1.29 is 9.18 Å². The van der Waals surface area contributed by atoms with Gasteiger partial charge in [-0.05, 0) is 29.8 Å². The number of hydrogen-bond donors (Lipinski definition) is 0. The van der Waals surface area contributed by atoms with Gasteiger partial charge in [-0.15, -0.1) is 0 Å². The van der Waals surface area contributed by atoms with Gasteiger partial charge in [0.25, 0.3) is 0 Å². The first kappa shape index (κ1) is 13.8. The summed E-state index contributed by atoms with van der Waals surface area (Å²) in [4.78, 5) is 13.7. The average Bonchev–Trinajstić information content (AvgIpc) is 2.48. The van der Waals surface area contributed by atoms with Gasteiger partial charge in [0.2, 0.25) is 5.91 Å². The summed E-state index contributed by atoms with van der Waals surface area (Å²) in [6.45, 7) is -0.00988. The summed E-state index contributed by atoms with van der Waals surface area (Å²) >= 11 is 0. The van der Waals surface area contributed by atoms with Crippen LogP contribution in [0.1, 0.15) is 5.56 Å². The van der Waals surface area contributed by atoms with Crippen molar-refractivity contribution in [3.8, 4) is 6.07 Å². The highest BCUT2D eigenvalue weighted by molar-refractivity contribution is 5.95. The molecule has 0 unspecified atom stereocenters. The summed E-state index contributed by atoms with van der Waals surface area (Å²) in [6.07, 6.45) is 0.136. The lowest BCUT2D eigenvalue weighted by atomic mass is 10.1. The Balaban J connectivity index is 2.16. The van der Waals surface area contributed by atoms with E-state index in [4.69, 9.17) is 5.26 Å². The number of benzene rings is 2. The van der Waals surface area contributed by atoms with Gasteiger partial charge < -0.3 is 0 Å². The lowest BCUT2D eigenvalue weighted by Gasteiger charge is -2.19. The van der Waals surface area contributed by atoms with Crippen LogP contribution in [0.4, 0.5) is 10.1 Å². The molecular formula is C16H13FN2O. The maximum absolute atomic E-state index is 12.8. The van der Waals surface area contributed by atoms with Gasteiger partial charge in [-0.3, -0.25) is 9.69 Å². The Hall–Kier alpha value is -2.67. The molecule has 0 aromatic heterocycles. The van der Waals surface area contributed by atoms with Gasteiger partial charge >= 0.3 is 0 Å². The second-order valence-electron chi connectivity index (χ2n) is 4.28. The van der Waals surface area contributed by atoms with E-state index in [1.54, 1.807) is 24.3 Å². The predicted molar refractivity (Wildman–Crippen MR) is 74.5 cm³/mol. The van der Waals surface area contributed by atoms with Crippen LogP contribution in [0.25, 0.3) is 0 Å². The van der Waals surface area contributed by atoms with Crippen LogP contribution in [0.5, 0.6) is 0 Å². The molecule has 20 heavy (non-hydrogen) atoms. The number of halogens is 1. The van der Waals surface area contributed by atoms with E-state index in [2.05, 4.69) is 0 Å². The van der Waals surface area contributed by atoms with Gasteiger partial charge in [0.05, 0.1) is 12.5 Å². The standard InChI is InChI=1S/C16H13FN2O/c17-14-8-6-13(7-9-14)12-16(20)19(11-10-18)15-4-2-1-3-5-15/h1-9H,11-12H2. The number of carbonyl (C=O) groups excluding carboxylic acids is 1. The predicted octanol–water partition coefficient (Wildman–Crippen LogP) is 2.92. The van der Waals surface area contributed by atoms with Crippen molar-refractivity contribution in [1.29, 1.82) is 5.26 Å². The van der Waals surface area contributed by atoms with E-state index in [9.17, 15) is 9.18 Å². The molecule has 0 radical (unpaired) electrons. The Morgan fingerprint density at radius 3 is 2.35 bits per heavy atom. The number of amides is 1. The maximum Gasteiger partial charge on any atom is 0.232 e. The molecule has 2 aromatic carbocycles. The zero-order valence-corrected chi connectivity index (χ0v) is 10.8. The van der Waals surface area contributed by atoms with Gasteiger partial charge in [0, 0.05) is 5.69 Å². The molecule has 0 bridgehead atoms. The molecule has 0 aliphatic rings. The smallest absolute Gasteiger partial charge is 0.232 e. The van der Waals surface area contributed by atoms with Gasteiger partial charge in [0.1, 0.15) is 12.4 Å². The molecule has 0 fully saturated rings. The Labute approximate surface area is 116 Å². The number of nitriles is 1. The molecule has 0 atom stereocenters. The molecule has 0 heterocycles. The molecule has 0 spiro atoms. The summed E-state index contributed by atoms with van der Waals surface area (Å²) < 4.78 is 12.8. The van der Waals surface area contributed by atoms with Gasteiger partial charge in [0.15, 0.2) is 0 Å². The summed E-state index contributed by atoms with van der Waals surface area (Å²) in [7, 11) is 0. The van der Waals surface area contributed by atoms with Crippen molar-refractivity contribution in [2.75, 3.05) is 11.4 Å². The lowest BCUT2D eigenvalue weighted by molar-refractivity contribution is -0.117. The van der Waals surface area contributed by atoms with E-state index in [-0.39, 0.29) is 24.7 Å². The van der Waals surface area contributed by atoms with E-state index < -0.39 is 0 Å². The van der Waals surface area contributed by atoms with Crippen LogP contribution in [0.2, 0.25) is 0 Å². The SMILES string of the molecule is N#CCN(C(=O)Cc1ccc(F)cc1)c1ccccc1. The summed E-state index contributed by atoms with van der Waals surface area (Å²) in [5, 5.41) is 8.86. The fourth-order valence-electron chi connectivity index (χ4n) is 1.87. The first-order valence-electron chi connectivity index (χ1n) is 6.17. The third kappa shape index (κ3) is 3.42. The van der Waals surface area contributed by atoms with E-state index >= 15 is 0 Å². The van der Waals surface area contributed by atoms with E-state index in [1.165, 1.54) is 17.0 Å². The third-order valence-corrected chi connectivity index (χ3v) is 2.87. The second kappa shape index (κ2) is 6.48. The monoisotopic (exact) mass is 268 g/mol. The van der Waals surface area contributed by atoms with Crippen molar-refractivity contribution >= 4 is 11.6 Å². The van der Waals surface area contributed by atoms with Crippen molar-refractivity contribution in [3.63, 3.8) is 0 Å². The topological polar surface area (TPSA) is 44.1 Å². The minimum absolute atomic E-state index is 0.00988. The number of hydrogen-bond acceptors (Lipinski definition) is 2. The highest BCUT2D eigenvalue weighted by Crippen LogP contribution is 2.15. The Bertz CT molecular complexity index is 617. The summed E-state index contributed by atoms with van der Waals surface area (Å²) in [5.41, 5.74) is 1.40. The van der Waals surface area contributed by atoms with Crippen LogP contribution in [0.3, 0.4) is 0 Å². The van der Waals surface area contributed by atoms with E-state index in [0.29, 0.717) is 5.69 Å². The molecular weight excluding hydrogens is 255 g/mol. The quantitative estimate of drug-likeness (QED) is 0.800. The van der Waals surface area contributed by atoms with Crippen LogP contribution in [0.15, 0.2) is 54.6 Å². The molecule has 0 saturated carbocycles. The Morgan fingerprint density at radius 2 is 1.75 bits per heavy atom. The number of carbonyl (C=O) groups is 1. The zero-order valence-electron chi connectivity index (χ0n) is 10.8. The molecule has 0 saturated heterocycles. The minimum atomic E-state index is -0.335. The average molecular weight is 268 g/mol. The van der Waals surface area contributed by atoms with Crippen molar-refractivity contribution in [2.24, 2.45) is 0 Å². The van der Waals surface area contributed by atoms with Gasteiger partial charge in [-0.25, -0.2) is 4.39 Å². The highest BCUT2D eigenvalue weighted by atomic mass is 19.1. The molecule has 3 nitrogen and oxygen atoms in total. The molecule has 0 aliphatic carbocycles. The number of nitrogens with zero attached hydrogens (tertiary/aromatic N) is 2. The Kier molecular flexibility index (Phi) is 4.46. The number of anilines is 1. The molecule has 0 aliphatic heterocycles. The molecule has 100 valence electrons. The third-order valence-electron chi connectivity index (χ3n) is 2.87. The normalized spacial score (nSPS) is 9.80. The van der Waals surface area contributed by atoms with Crippen LogP contribution in [-0.4, -0.2) is 12.5 Å². The molecule has 0 N–H and O–H groups in total. The van der Waals surface area contributed by atoms with Crippen LogP contribution >= 0.6 is 0 Å². The fourth-order valence-corrected chi connectivity index (χ4v) is 1.87. The Morgan fingerprint density at radius 1 is 1.10 bits per heavy atom. The summed E-state index contributed by atoms with van der Waals surface area (Å²) in [5.74, 6) is -0.525. The molecule has 2 rings (SSSR count). The number of rotatable bonds is 4. The molecule has 2 aromatic rings. The maximum atomic E-state index is 12.8. The van der Waals surface area contributed by atoms with Gasteiger partial charge in [-0.2, -0.15) is 5.26 Å². The van der Waals surface area contributed by atoms with Crippen molar-refractivity contribution in [2.45, 2.75) is 6.42 Å². The van der Waals surface area contributed by atoms with Gasteiger partial charge in [-0.1, -0.05) is 30.3 Å². The second-order valence-corrected chi connectivity index (χ2v) is 4.28.